The third kappa shape index (κ3) is 4.47. The summed E-state index contributed by atoms with van der Waals surface area (Å²) in [6, 6.07) is 13.3. The maximum absolute atomic E-state index is 13.2. The monoisotopic (exact) mass is 378 g/mol. The predicted octanol–water partition coefficient (Wildman–Crippen LogP) is 4.23. The zero-order valence-corrected chi connectivity index (χ0v) is 16.6. The van der Waals surface area contributed by atoms with E-state index in [1.807, 2.05) is 30.1 Å². The lowest BCUT2D eigenvalue weighted by atomic mass is 9.91. The zero-order valence-electron chi connectivity index (χ0n) is 16.6. The number of aromatic nitrogens is 3. The van der Waals surface area contributed by atoms with E-state index in [9.17, 15) is 4.39 Å². The van der Waals surface area contributed by atoms with Gasteiger partial charge in [0.15, 0.2) is 0 Å². The topological polar surface area (TPSA) is 34.0 Å². The summed E-state index contributed by atoms with van der Waals surface area (Å²) < 4.78 is 15.1. The number of rotatable bonds is 5. The number of benzene rings is 1. The Labute approximate surface area is 166 Å². The highest BCUT2D eigenvalue weighted by Gasteiger charge is 2.22. The molecule has 0 aliphatic carbocycles. The number of likely N-dealkylation sites (tertiary alicyclic amines) is 1. The maximum Gasteiger partial charge on any atom is 0.123 e. The minimum atomic E-state index is -0.187. The predicted molar refractivity (Wildman–Crippen MR) is 109 cm³/mol. The SMILES string of the molecule is Cc1cc(Cc2ccc(F)cc2)cc(C2CCN(Cc3ccnn3C)CC2)n1. The largest absolute Gasteiger partial charge is 0.297 e. The van der Waals surface area contributed by atoms with Gasteiger partial charge in [-0.15, -0.1) is 0 Å². The number of pyridine rings is 1. The van der Waals surface area contributed by atoms with Gasteiger partial charge in [-0.25, -0.2) is 4.39 Å². The van der Waals surface area contributed by atoms with Crippen LogP contribution in [0.25, 0.3) is 0 Å². The summed E-state index contributed by atoms with van der Waals surface area (Å²) in [7, 11) is 2.00. The fraction of sp³-hybridized carbons (Fsp3) is 0.391. The van der Waals surface area contributed by atoms with Crippen LogP contribution in [-0.4, -0.2) is 32.8 Å². The molecule has 3 aromatic rings. The molecule has 0 amide bonds. The normalized spacial score (nSPS) is 15.8. The number of nitrogens with zero attached hydrogens (tertiary/aromatic N) is 4. The van der Waals surface area contributed by atoms with Crippen molar-refractivity contribution in [3.05, 3.63) is 82.7 Å². The average molecular weight is 378 g/mol. The maximum atomic E-state index is 13.2. The van der Waals surface area contributed by atoms with Crippen molar-refractivity contribution in [2.45, 2.75) is 38.6 Å². The number of hydrogen-bond donors (Lipinski definition) is 0. The van der Waals surface area contributed by atoms with Gasteiger partial charge in [0, 0.05) is 37.1 Å². The van der Waals surface area contributed by atoms with Gasteiger partial charge in [0.1, 0.15) is 5.82 Å². The molecule has 4 nitrogen and oxygen atoms in total. The first-order valence-electron chi connectivity index (χ1n) is 9.98. The lowest BCUT2D eigenvalue weighted by Gasteiger charge is -2.31. The highest BCUT2D eigenvalue weighted by Crippen LogP contribution is 2.29. The smallest absolute Gasteiger partial charge is 0.123 e. The van der Waals surface area contributed by atoms with Crippen LogP contribution in [0.4, 0.5) is 4.39 Å². The molecular formula is C23H27FN4. The molecule has 1 saturated heterocycles. The first-order chi connectivity index (χ1) is 13.6. The van der Waals surface area contributed by atoms with Gasteiger partial charge < -0.3 is 0 Å². The van der Waals surface area contributed by atoms with Crippen molar-refractivity contribution >= 4 is 0 Å². The van der Waals surface area contributed by atoms with Crippen molar-refractivity contribution in [3.63, 3.8) is 0 Å². The minimum absolute atomic E-state index is 0.187. The molecule has 1 fully saturated rings. The molecule has 1 aliphatic rings. The van der Waals surface area contributed by atoms with Crippen molar-refractivity contribution in [3.8, 4) is 0 Å². The summed E-state index contributed by atoms with van der Waals surface area (Å²) in [6.07, 6.45) is 4.94. The fourth-order valence-corrected chi connectivity index (χ4v) is 4.09. The first-order valence-corrected chi connectivity index (χ1v) is 9.98. The van der Waals surface area contributed by atoms with Crippen molar-refractivity contribution in [1.82, 2.24) is 19.7 Å². The summed E-state index contributed by atoms with van der Waals surface area (Å²) in [5.41, 5.74) is 5.91. The second-order valence-electron chi connectivity index (χ2n) is 7.84. The molecule has 3 heterocycles. The molecular weight excluding hydrogens is 351 g/mol. The van der Waals surface area contributed by atoms with Crippen LogP contribution in [-0.2, 0) is 20.0 Å². The van der Waals surface area contributed by atoms with Crippen LogP contribution in [0, 0.1) is 12.7 Å². The molecule has 0 atom stereocenters. The molecule has 2 aromatic heterocycles. The van der Waals surface area contributed by atoms with E-state index in [-0.39, 0.29) is 5.82 Å². The lowest BCUT2D eigenvalue weighted by molar-refractivity contribution is 0.199. The Bertz CT molecular complexity index is 924. The summed E-state index contributed by atoms with van der Waals surface area (Å²) in [6.45, 7) is 5.19. The summed E-state index contributed by atoms with van der Waals surface area (Å²) in [5.74, 6) is 0.322. The average Bonchev–Trinajstić information content (AvgIpc) is 3.08. The van der Waals surface area contributed by atoms with Crippen LogP contribution >= 0.6 is 0 Å². The van der Waals surface area contributed by atoms with Gasteiger partial charge in [-0.05, 0) is 80.7 Å². The Balaban J connectivity index is 1.41. The molecule has 1 aliphatic heterocycles. The fourth-order valence-electron chi connectivity index (χ4n) is 4.09. The van der Waals surface area contributed by atoms with E-state index < -0.39 is 0 Å². The third-order valence-electron chi connectivity index (χ3n) is 5.67. The van der Waals surface area contributed by atoms with Crippen LogP contribution in [0.2, 0.25) is 0 Å². The first kappa shape index (κ1) is 18.8. The molecule has 5 heteroatoms. The Kier molecular flexibility index (Phi) is 5.53. The Morgan fingerprint density at radius 2 is 1.79 bits per heavy atom. The van der Waals surface area contributed by atoms with Crippen molar-refractivity contribution < 1.29 is 4.39 Å². The van der Waals surface area contributed by atoms with Crippen molar-refractivity contribution in [1.29, 1.82) is 0 Å². The van der Waals surface area contributed by atoms with Gasteiger partial charge in [0.25, 0.3) is 0 Å². The van der Waals surface area contributed by atoms with Crippen LogP contribution in [0.1, 0.15) is 47.0 Å². The van der Waals surface area contributed by atoms with E-state index in [4.69, 9.17) is 4.98 Å². The highest BCUT2D eigenvalue weighted by atomic mass is 19.1. The van der Waals surface area contributed by atoms with Gasteiger partial charge in [0.05, 0.1) is 5.69 Å². The van der Waals surface area contributed by atoms with Crippen LogP contribution in [0.15, 0.2) is 48.7 Å². The molecule has 0 spiro atoms. The van der Waals surface area contributed by atoms with E-state index in [1.54, 1.807) is 0 Å². The van der Waals surface area contributed by atoms with E-state index >= 15 is 0 Å². The molecule has 0 bridgehead atoms. The van der Waals surface area contributed by atoms with Crippen molar-refractivity contribution in [2.75, 3.05) is 13.1 Å². The third-order valence-corrected chi connectivity index (χ3v) is 5.67. The van der Waals surface area contributed by atoms with Crippen LogP contribution in [0.3, 0.4) is 0 Å². The zero-order chi connectivity index (χ0) is 19.5. The molecule has 0 unspecified atom stereocenters. The molecule has 1 aromatic carbocycles. The highest BCUT2D eigenvalue weighted by molar-refractivity contribution is 5.30. The van der Waals surface area contributed by atoms with Gasteiger partial charge in [-0.3, -0.25) is 14.6 Å². The molecule has 146 valence electrons. The number of hydrogen-bond acceptors (Lipinski definition) is 3. The second kappa shape index (κ2) is 8.23. The van der Waals surface area contributed by atoms with Gasteiger partial charge in [0.2, 0.25) is 0 Å². The van der Waals surface area contributed by atoms with E-state index in [0.29, 0.717) is 5.92 Å². The number of aryl methyl sites for hydroxylation is 2. The van der Waals surface area contributed by atoms with E-state index in [0.717, 1.165) is 50.2 Å². The van der Waals surface area contributed by atoms with Gasteiger partial charge >= 0.3 is 0 Å². The summed E-state index contributed by atoms with van der Waals surface area (Å²) >= 11 is 0. The standard InChI is InChI=1S/C23H27FN4/c1-17-13-19(14-18-3-5-21(24)6-4-18)15-23(26-17)20-8-11-28(12-9-20)16-22-7-10-25-27(22)2/h3-7,10,13,15,20H,8-9,11-12,14,16H2,1-2H3. The molecule has 0 radical (unpaired) electrons. The van der Waals surface area contributed by atoms with Crippen molar-refractivity contribution in [2.24, 2.45) is 7.05 Å². The Morgan fingerprint density at radius 3 is 2.46 bits per heavy atom. The molecule has 0 saturated carbocycles. The minimum Gasteiger partial charge on any atom is -0.297 e. The van der Waals surface area contributed by atoms with Gasteiger partial charge in [-0.1, -0.05) is 12.1 Å². The van der Waals surface area contributed by atoms with E-state index in [2.05, 4.69) is 35.1 Å². The Morgan fingerprint density at radius 1 is 1.04 bits per heavy atom. The molecule has 28 heavy (non-hydrogen) atoms. The van der Waals surface area contributed by atoms with Crippen LogP contribution < -0.4 is 0 Å². The Hall–Kier alpha value is -2.53. The molecule has 4 rings (SSSR count). The van der Waals surface area contributed by atoms with Gasteiger partial charge in [-0.2, -0.15) is 5.10 Å². The molecule has 0 N–H and O–H groups in total. The lowest BCUT2D eigenvalue weighted by Crippen LogP contribution is -2.33. The number of piperidine rings is 1. The summed E-state index contributed by atoms with van der Waals surface area (Å²) in [5, 5.41) is 4.26. The summed E-state index contributed by atoms with van der Waals surface area (Å²) in [4.78, 5) is 7.34. The van der Waals surface area contributed by atoms with Crippen LogP contribution in [0.5, 0.6) is 0 Å². The second-order valence-corrected chi connectivity index (χ2v) is 7.84. The quantitative estimate of drug-likeness (QED) is 0.666. The van der Waals surface area contributed by atoms with E-state index in [1.165, 1.54) is 29.1 Å². The number of halogens is 1.